The number of hydrogen-bond donors (Lipinski definition) is 6. The minimum atomic E-state index is -4.46. The second-order valence-electron chi connectivity index (χ2n) is 30.4. The minimum absolute atomic E-state index is 0.0133. The second kappa shape index (κ2) is 31.4. The van der Waals surface area contributed by atoms with Gasteiger partial charge in [-0.2, -0.15) is 13.5 Å². The highest BCUT2D eigenvalue weighted by Crippen LogP contribution is 2.75. The molecule has 27 heteroatoms. The number of ketones is 2. The van der Waals surface area contributed by atoms with Gasteiger partial charge in [0.15, 0.2) is 16.6 Å². The Morgan fingerprint density at radius 1 is 0.806 bits per heavy atom. The molecule has 4 atom stereocenters. The Labute approximate surface area is 603 Å². The molecular formula is C76H93N11O14S2. The summed E-state index contributed by atoms with van der Waals surface area (Å²) in [5, 5.41) is 24.6. The molecule has 4 fully saturated rings. The number of carbonyl (C=O) groups is 9. The van der Waals surface area contributed by atoms with Gasteiger partial charge in [0.2, 0.25) is 5.91 Å². The fraction of sp³-hybridized carbons (Fsp3) is 0.500. The van der Waals surface area contributed by atoms with Crippen molar-refractivity contribution in [1.29, 1.82) is 0 Å². The maximum atomic E-state index is 14.0. The van der Waals surface area contributed by atoms with E-state index < -0.39 is 51.8 Å². The number of primary amides is 1. The molecule has 7 N–H and O–H groups in total. The monoisotopic (exact) mass is 1450 g/mol. The number of carboxylic acid groups (broad SMARTS) is 1. The van der Waals surface area contributed by atoms with Crippen molar-refractivity contribution >= 4 is 95.9 Å². The number of fused-ring (bicyclic) bond motifs is 2. The third-order valence-corrected chi connectivity index (χ3v) is 23.1. The third kappa shape index (κ3) is 18.4. The largest absolute Gasteiger partial charge is 0.476 e. The first-order valence-electron chi connectivity index (χ1n) is 35.6. The van der Waals surface area contributed by atoms with Crippen molar-refractivity contribution in [2.24, 2.45) is 39.2 Å². The highest BCUT2D eigenvalue weighted by Gasteiger charge is 2.65. The number of carbonyl (C=O) groups excluding carboxylic acids is 8. The van der Waals surface area contributed by atoms with E-state index >= 15 is 0 Å². The van der Waals surface area contributed by atoms with Gasteiger partial charge < -0.3 is 36.0 Å². The number of pyridine rings is 1. The summed E-state index contributed by atoms with van der Waals surface area (Å²) in [6, 6.07) is 22.2. The summed E-state index contributed by atoms with van der Waals surface area (Å²) < 4.78 is 43.0. The third-order valence-electron chi connectivity index (χ3n) is 21.4. The van der Waals surface area contributed by atoms with Crippen LogP contribution in [-0.2, 0) is 71.4 Å². The molecule has 2 aliphatic heterocycles. The molecule has 6 aliphatic rings. The van der Waals surface area contributed by atoms with E-state index in [4.69, 9.17) is 20.6 Å². The van der Waals surface area contributed by atoms with E-state index in [0.29, 0.717) is 96.9 Å². The maximum Gasteiger partial charge on any atom is 0.410 e. The Balaban J connectivity index is 0.698. The van der Waals surface area contributed by atoms with Crippen molar-refractivity contribution in [3.8, 4) is 11.1 Å². The number of ether oxygens (including phenoxy) is 1. The number of hydrogen-bond acceptors (Lipinski definition) is 17. The molecule has 6 aromatic rings. The molecule has 4 bridgehead atoms. The first-order valence-corrected chi connectivity index (χ1v) is 38.1. The number of nitrogens with one attached hydrogen (secondary N) is 3. The molecule has 103 heavy (non-hydrogen) atoms. The van der Waals surface area contributed by atoms with Gasteiger partial charge in [0.05, 0.1) is 28.2 Å². The van der Waals surface area contributed by atoms with Gasteiger partial charge in [-0.1, -0.05) is 94.0 Å². The molecule has 3 aromatic carbocycles. The number of Topliss-reactive ketones (excluding diaryl/α,β-unsaturated/α-hetero) is 2. The van der Waals surface area contributed by atoms with Crippen LogP contribution in [0.3, 0.4) is 0 Å². The van der Waals surface area contributed by atoms with Gasteiger partial charge in [0.1, 0.15) is 18.2 Å². The van der Waals surface area contributed by atoms with Crippen LogP contribution >= 0.6 is 11.3 Å². The summed E-state index contributed by atoms with van der Waals surface area (Å²) >= 11 is 1.40. The summed E-state index contributed by atoms with van der Waals surface area (Å²) in [6.45, 7) is 12.0. The minimum Gasteiger partial charge on any atom is -0.476 e. The highest BCUT2D eigenvalue weighted by atomic mass is 32.2. The lowest BCUT2D eigenvalue weighted by Gasteiger charge is -2.70. The van der Waals surface area contributed by atoms with E-state index in [2.05, 4.69) is 34.8 Å². The standard InChI is InChI=1S/C76H93N11O14S2/c1-48(2)56(37-53(88)15-7-6-10-32-86-64(90)26-27-65(86)91)68(93)80-59(18-12-30-78-70(77)96)61(89)36-50-20-22-51(23-21-50)40-101-72(97)84(34-35-103(98,99)100)31-13-29-75-42-73(4)41-74(5,43-75)45-76(44-73,46-75)47-87-49(3)57(38-79-87)54-24-25-63(82-66(54)69(94)95)85-33-28-52-14-11-16-55(58(52)39-85)67(92)83-71-81-60-17-8-9-19-62(60)102-71/h8-9,11,14,16-17,19-27,38,48,56,59H,6-7,10,12-13,15,18,28-37,39-47H2,1-5H3,(H,80,93)(H,94,95)(H3,77,78,96)(H,81,83,92)(H,98,99,100)/t56-,59-,73?,74?,75?,76?/m0/s1. The van der Waals surface area contributed by atoms with Crippen LogP contribution in [-0.4, -0.2) is 145 Å². The summed E-state index contributed by atoms with van der Waals surface area (Å²) in [5.74, 6) is -4.24. The SMILES string of the molecule is Cc1c(-c2ccc(N3CCc4cccc(C(=O)Nc5nc6ccccc6s5)c4C3)nc2C(=O)O)cnn1CC12CC3(C)CC(C)(CC(CCCN(CCS(=O)(=O)O)C(=O)OCc4ccc(CC(=O)[C@H](CCCNC(N)=O)NC(=O)[C@@H](CC(=O)CCCCCN5C(=O)C=CC5=O)C(C)C)cc4)(C3)C1)C2. The van der Waals surface area contributed by atoms with E-state index in [1.165, 1.54) is 28.4 Å². The normalized spacial score (nSPS) is 21.0. The van der Waals surface area contributed by atoms with Crippen molar-refractivity contribution in [3.63, 3.8) is 0 Å². The zero-order valence-corrected chi connectivity index (χ0v) is 60.8. The molecule has 0 radical (unpaired) electrons. The summed E-state index contributed by atoms with van der Waals surface area (Å²) in [4.78, 5) is 131. The van der Waals surface area contributed by atoms with Gasteiger partial charge in [-0.25, -0.2) is 24.4 Å². The molecule has 548 valence electrons. The Bertz CT molecular complexity index is 4330. The molecule has 2 unspecified atom stereocenters. The molecular weight excluding hydrogens is 1360 g/mol. The van der Waals surface area contributed by atoms with Crippen molar-refractivity contribution in [2.75, 3.05) is 48.7 Å². The van der Waals surface area contributed by atoms with Crippen molar-refractivity contribution in [2.45, 2.75) is 170 Å². The molecule has 4 aliphatic carbocycles. The number of urea groups is 1. The fourth-order valence-corrected chi connectivity index (χ4v) is 19.2. The molecule has 4 saturated carbocycles. The number of anilines is 2. The molecule has 0 spiro atoms. The van der Waals surface area contributed by atoms with Crippen LogP contribution in [0.5, 0.6) is 0 Å². The number of imide groups is 1. The Hall–Kier alpha value is -9.21. The van der Waals surface area contributed by atoms with Crippen LogP contribution in [0.2, 0.25) is 0 Å². The number of para-hydroxylation sites is 1. The predicted molar refractivity (Wildman–Crippen MR) is 388 cm³/mol. The number of aromatic carboxylic acids is 1. The molecule has 5 heterocycles. The zero-order chi connectivity index (χ0) is 73.6. The summed E-state index contributed by atoms with van der Waals surface area (Å²) in [5.41, 5.74) is 11.3. The molecule has 25 nitrogen and oxygen atoms in total. The van der Waals surface area contributed by atoms with Crippen LogP contribution in [0.25, 0.3) is 21.3 Å². The number of nitrogens with two attached hydrogens (primary N) is 1. The topological polar surface area (TPSA) is 353 Å². The Morgan fingerprint density at radius 2 is 1.52 bits per heavy atom. The number of aromatic nitrogens is 4. The number of nitrogens with zero attached hydrogens (tertiary/aromatic N) is 7. The van der Waals surface area contributed by atoms with Gasteiger partial charge >= 0.3 is 18.1 Å². The molecule has 7 amide bonds. The number of rotatable bonds is 34. The first-order chi connectivity index (χ1) is 49.0. The number of thiazole rings is 1. The lowest BCUT2D eigenvalue weighted by Crippen LogP contribution is -2.60. The van der Waals surface area contributed by atoms with Crippen LogP contribution in [0.4, 0.5) is 20.5 Å². The van der Waals surface area contributed by atoms with Crippen molar-refractivity contribution in [1.82, 2.24) is 40.2 Å². The number of benzene rings is 3. The smallest absolute Gasteiger partial charge is 0.410 e. The summed E-state index contributed by atoms with van der Waals surface area (Å²) in [7, 11) is -4.46. The zero-order valence-electron chi connectivity index (χ0n) is 59.2. The maximum absolute atomic E-state index is 14.0. The van der Waals surface area contributed by atoms with Crippen molar-refractivity contribution < 1.29 is 66.0 Å². The lowest BCUT2D eigenvalue weighted by atomic mass is 9.35. The van der Waals surface area contributed by atoms with Gasteiger partial charge in [-0.15, -0.1) is 0 Å². The summed E-state index contributed by atoms with van der Waals surface area (Å²) in [6.07, 6.45) is 13.5. The van der Waals surface area contributed by atoms with Gasteiger partial charge in [-0.3, -0.25) is 48.2 Å². The van der Waals surface area contributed by atoms with E-state index in [9.17, 15) is 61.2 Å². The van der Waals surface area contributed by atoms with Crippen LogP contribution in [0, 0.1) is 40.4 Å². The van der Waals surface area contributed by atoms with Crippen LogP contribution in [0.1, 0.15) is 173 Å². The highest BCUT2D eigenvalue weighted by molar-refractivity contribution is 7.85. The second-order valence-corrected chi connectivity index (χ2v) is 33.0. The van der Waals surface area contributed by atoms with Crippen LogP contribution in [0.15, 0.2) is 97.2 Å². The number of amides is 7. The molecule has 3 aromatic heterocycles. The number of unbranched alkanes of at least 4 members (excludes halogenated alkanes) is 2. The van der Waals surface area contributed by atoms with Gasteiger partial charge in [0.25, 0.3) is 27.8 Å². The molecule has 0 saturated heterocycles. The lowest BCUT2D eigenvalue weighted by molar-refractivity contribution is -0.198. The predicted octanol–water partition coefficient (Wildman–Crippen LogP) is 10.8. The van der Waals surface area contributed by atoms with Crippen LogP contribution < -0.4 is 26.6 Å². The first kappa shape index (κ1) is 75.0. The van der Waals surface area contributed by atoms with E-state index in [0.717, 1.165) is 76.9 Å². The van der Waals surface area contributed by atoms with Gasteiger partial charge in [-0.05, 0) is 171 Å². The van der Waals surface area contributed by atoms with E-state index in [1.54, 1.807) is 42.6 Å². The average molecular weight is 1450 g/mol. The van der Waals surface area contributed by atoms with E-state index in [1.807, 2.05) is 72.8 Å². The Morgan fingerprint density at radius 3 is 2.22 bits per heavy atom. The van der Waals surface area contributed by atoms with Gasteiger partial charge in [0, 0.05) is 106 Å². The van der Waals surface area contributed by atoms with E-state index in [-0.39, 0.29) is 121 Å². The quantitative estimate of drug-likeness (QED) is 0.0124. The Kier molecular flexibility index (Phi) is 22.9. The number of carboxylic acids is 1. The molecule has 12 rings (SSSR count). The fourth-order valence-electron chi connectivity index (χ4n) is 17.9. The average Bonchev–Trinajstić information content (AvgIpc) is 0.708. The van der Waals surface area contributed by atoms with Crippen molar-refractivity contribution in [3.05, 3.63) is 136 Å².